The highest BCUT2D eigenvalue weighted by Gasteiger charge is 2.25. The molecule has 4 rings (SSSR count). The predicted octanol–water partition coefficient (Wildman–Crippen LogP) is 4.94. The molecule has 0 fully saturated rings. The van der Waals surface area contributed by atoms with Gasteiger partial charge in [0, 0.05) is 23.8 Å². The molecule has 1 atom stereocenters. The third-order valence-electron chi connectivity index (χ3n) is 4.73. The van der Waals surface area contributed by atoms with Crippen LogP contribution in [0.25, 0.3) is 0 Å². The van der Waals surface area contributed by atoms with Crippen LogP contribution in [0.3, 0.4) is 0 Å². The fourth-order valence-corrected chi connectivity index (χ4v) is 3.34. The monoisotopic (exact) mass is 408 g/mol. The van der Waals surface area contributed by atoms with Crippen molar-refractivity contribution in [1.29, 1.82) is 0 Å². The molecule has 0 radical (unpaired) electrons. The predicted molar refractivity (Wildman–Crippen MR) is 107 cm³/mol. The Hall–Kier alpha value is -3.22. The van der Waals surface area contributed by atoms with Gasteiger partial charge in [0.25, 0.3) is 0 Å². The van der Waals surface area contributed by atoms with Crippen molar-refractivity contribution in [1.82, 2.24) is 0 Å². The van der Waals surface area contributed by atoms with Gasteiger partial charge < -0.3 is 18.9 Å². The van der Waals surface area contributed by atoms with E-state index in [0.29, 0.717) is 29.0 Å². The summed E-state index contributed by atoms with van der Waals surface area (Å²) in [6, 6.07) is 19.2. The number of methoxy groups -OCH3 is 1. The minimum Gasteiger partial charge on any atom is -0.460 e. The van der Waals surface area contributed by atoms with Crippen molar-refractivity contribution in [2.45, 2.75) is 26.1 Å². The summed E-state index contributed by atoms with van der Waals surface area (Å²) in [5.41, 5.74) is 3.15. The molecule has 0 aromatic heterocycles. The van der Waals surface area contributed by atoms with Crippen LogP contribution in [0.5, 0.6) is 5.75 Å². The molecule has 3 aromatic carbocycles. The first-order chi connectivity index (χ1) is 14.6. The van der Waals surface area contributed by atoms with Crippen molar-refractivity contribution in [2.75, 3.05) is 7.11 Å². The zero-order valence-corrected chi connectivity index (χ0v) is 16.5. The average Bonchev–Trinajstić information content (AvgIpc) is 2.78. The van der Waals surface area contributed by atoms with Crippen LogP contribution in [0.4, 0.5) is 4.39 Å². The Kier molecular flexibility index (Phi) is 6.07. The lowest BCUT2D eigenvalue weighted by Gasteiger charge is -2.28. The van der Waals surface area contributed by atoms with Crippen LogP contribution in [0, 0.1) is 5.82 Å². The summed E-state index contributed by atoms with van der Waals surface area (Å²) in [5.74, 6) is -0.456. The minimum absolute atomic E-state index is 0.116. The number of rotatable bonds is 6. The van der Waals surface area contributed by atoms with Gasteiger partial charge in [0.1, 0.15) is 18.2 Å². The molecule has 1 heterocycles. The average molecular weight is 408 g/mol. The number of fused-ring (bicyclic) bond motifs is 1. The van der Waals surface area contributed by atoms with E-state index in [-0.39, 0.29) is 13.2 Å². The Morgan fingerprint density at radius 2 is 1.90 bits per heavy atom. The molecular formula is C24H21FO5. The maximum atomic E-state index is 14.1. The Bertz CT molecular complexity index is 1040. The lowest BCUT2D eigenvalue weighted by Crippen LogP contribution is -2.20. The number of carbonyl (C=O) groups excluding carboxylic acids is 1. The Labute approximate surface area is 174 Å². The molecule has 0 saturated carbocycles. The Morgan fingerprint density at radius 1 is 1.07 bits per heavy atom. The molecule has 5 nitrogen and oxygen atoms in total. The summed E-state index contributed by atoms with van der Waals surface area (Å²) < 4.78 is 36.3. The third-order valence-corrected chi connectivity index (χ3v) is 4.73. The highest BCUT2D eigenvalue weighted by atomic mass is 19.1. The van der Waals surface area contributed by atoms with E-state index in [9.17, 15) is 9.18 Å². The normalized spacial score (nSPS) is 15.2. The van der Waals surface area contributed by atoms with Crippen molar-refractivity contribution in [3.05, 3.63) is 100 Å². The number of halogens is 1. The second-order valence-corrected chi connectivity index (χ2v) is 6.93. The van der Waals surface area contributed by atoms with Gasteiger partial charge in [-0.2, -0.15) is 0 Å². The van der Waals surface area contributed by atoms with E-state index in [1.807, 2.05) is 36.4 Å². The standard InChI is InChI=1S/C24H21FO5/c1-27-13-16-6-5-9-18(10-16)23(26)28-14-19-11-21(25)12-20-15-29-24(30-22(19)20)17-7-3-2-4-8-17/h2-12,24H,13-15H2,1H3/t24-/m1/s1. The molecule has 0 bridgehead atoms. The Morgan fingerprint density at radius 3 is 2.70 bits per heavy atom. The molecule has 3 aromatic rings. The lowest BCUT2D eigenvalue weighted by molar-refractivity contribution is -0.112. The van der Waals surface area contributed by atoms with Gasteiger partial charge in [-0.25, -0.2) is 9.18 Å². The second kappa shape index (κ2) is 9.07. The van der Waals surface area contributed by atoms with Crippen LogP contribution < -0.4 is 4.74 Å². The molecule has 154 valence electrons. The van der Waals surface area contributed by atoms with Crippen LogP contribution in [0.1, 0.15) is 38.9 Å². The molecule has 6 heteroatoms. The third kappa shape index (κ3) is 4.50. The van der Waals surface area contributed by atoms with Gasteiger partial charge in [0.05, 0.1) is 18.8 Å². The maximum absolute atomic E-state index is 14.1. The highest BCUT2D eigenvalue weighted by molar-refractivity contribution is 5.89. The molecule has 0 saturated heterocycles. The smallest absolute Gasteiger partial charge is 0.338 e. The summed E-state index contributed by atoms with van der Waals surface area (Å²) in [4.78, 5) is 12.5. The first-order valence-corrected chi connectivity index (χ1v) is 9.53. The van der Waals surface area contributed by atoms with Crippen LogP contribution in [0.2, 0.25) is 0 Å². The number of hydrogen-bond donors (Lipinski definition) is 0. The van der Waals surface area contributed by atoms with E-state index >= 15 is 0 Å². The number of benzene rings is 3. The van der Waals surface area contributed by atoms with Crippen LogP contribution in [-0.4, -0.2) is 13.1 Å². The van der Waals surface area contributed by atoms with Crippen LogP contribution in [-0.2, 0) is 34.0 Å². The number of esters is 1. The molecule has 0 aliphatic carbocycles. The van der Waals surface area contributed by atoms with Gasteiger partial charge in [-0.15, -0.1) is 0 Å². The molecule has 0 N–H and O–H groups in total. The topological polar surface area (TPSA) is 54.0 Å². The molecule has 1 aliphatic heterocycles. The van der Waals surface area contributed by atoms with E-state index in [0.717, 1.165) is 11.1 Å². The zero-order valence-electron chi connectivity index (χ0n) is 16.5. The molecule has 0 amide bonds. The number of ether oxygens (including phenoxy) is 4. The number of hydrogen-bond acceptors (Lipinski definition) is 5. The van der Waals surface area contributed by atoms with Gasteiger partial charge in [-0.1, -0.05) is 42.5 Å². The molecule has 1 aliphatic rings. The fourth-order valence-electron chi connectivity index (χ4n) is 3.34. The van der Waals surface area contributed by atoms with E-state index in [1.165, 1.54) is 12.1 Å². The summed E-state index contributed by atoms with van der Waals surface area (Å²) in [7, 11) is 1.59. The highest BCUT2D eigenvalue weighted by Crippen LogP contribution is 2.36. The van der Waals surface area contributed by atoms with Gasteiger partial charge in [-0.3, -0.25) is 0 Å². The minimum atomic E-state index is -0.607. The summed E-state index contributed by atoms with van der Waals surface area (Å²) in [6.45, 7) is 0.481. The quantitative estimate of drug-likeness (QED) is 0.541. The van der Waals surface area contributed by atoms with Gasteiger partial charge >= 0.3 is 5.97 Å². The second-order valence-electron chi connectivity index (χ2n) is 6.93. The molecular weight excluding hydrogens is 387 g/mol. The largest absolute Gasteiger partial charge is 0.460 e. The van der Waals surface area contributed by atoms with E-state index in [2.05, 4.69) is 0 Å². The lowest BCUT2D eigenvalue weighted by atomic mass is 10.1. The van der Waals surface area contributed by atoms with Crippen LogP contribution in [0.15, 0.2) is 66.7 Å². The van der Waals surface area contributed by atoms with E-state index in [4.69, 9.17) is 18.9 Å². The zero-order chi connectivity index (χ0) is 20.9. The van der Waals surface area contributed by atoms with Gasteiger partial charge in [0.15, 0.2) is 0 Å². The first-order valence-electron chi connectivity index (χ1n) is 9.53. The summed E-state index contributed by atoms with van der Waals surface area (Å²) >= 11 is 0. The van der Waals surface area contributed by atoms with Crippen LogP contribution >= 0.6 is 0 Å². The SMILES string of the molecule is COCc1cccc(C(=O)OCc2cc(F)cc3c2O[C@H](c2ccccc2)OC3)c1. The van der Waals surface area contributed by atoms with Gasteiger partial charge in [0.2, 0.25) is 6.29 Å². The van der Waals surface area contributed by atoms with E-state index < -0.39 is 18.1 Å². The maximum Gasteiger partial charge on any atom is 0.338 e. The van der Waals surface area contributed by atoms with Crippen molar-refractivity contribution in [2.24, 2.45) is 0 Å². The van der Waals surface area contributed by atoms with E-state index in [1.54, 1.807) is 25.3 Å². The van der Waals surface area contributed by atoms with Crippen molar-refractivity contribution in [3.63, 3.8) is 0 Å². The van der Waals surface area contributed by atoms with Gasteiger partial charge in [-0.05, 0) is 29.8 Å². The van der Waals surface area contributed by atoms with Crippen molar-refractivity contribution >= 4 is 5.97 Å². The molecule has 0 unspecified atom stereocenters. The summed E-state index contributed by atoms with van der Waals surface area (Å²) in [6.07, 6.45) is -0.607. The molecule has 0 spiro atoms. The fraction of sp³-hybridized carbons (Fsp3) is 0.208. The van der Waals surface area contributed by atoms with Crippen molar-refractivity contribution < 1.29 is 28.1 Å². The molecule has 30 heavy (non-hydrogen) atoms. The Balaban J connectivity index is 1.52. The number of carbonyl (C=O) groups is 1. The van der Waals surface area contributed by atoms with Crippen molar-refractivity contribution in [3.8, 4) is 5.75 Å². The first kappa shape index (κ1) is 20.1. The summed E-state index contributed by atoms with van der Waals surface area (Å²) in [5, 5.41) is 0.